The SMILES string of the molecule is Brc1ccc(CNC2CSC2)cc1. The molecule has 1 nitrogen and oxygen atoms in total. The molecule has 0 amide bonds. The van der Waals surface area contributed by atoms with Crippen LogP contribution in [0.2, 0.25) is 0 Å². The number of thioether (sulfide) groups is 1. The number of rotatable bonds is 3. The molecule has 3 heteroatoms. The predicted octanol–water partition coefficient (Wildman–Crippen LogP) is 2.65. The molecule has 0 unspecified atom stereocenters. The van der Waals surface area contributed by atoms with Crippen LogP contribution in [0.4, 0.5) is 0 Å². The summed E-state index contributed by atoms with van der Waals surface area (Å²) in [6.07, 6.45) is 0. The first-order chi connectivity index (χ1) is 6.34. The summed E-state index contributed by atoms with van der Waals surface area (Å²) in [5.74, 6) is 2.55. The Morgan fingerprint density at radius 1 is 1.31 bits per heavy atom. The highest BCUT2D eigenvalue weighted by Gasteiger charge is 2.16. The third-order valence-corrected chi connectivity index (χ3v) is 3.95. The molecule has 1 fully saturated rings. The Bertz CT molecular complexity index is 269. The summed E-state index contributed by atoms with van der Waals surface area (Å²) in [6.45, 7) is 0.999. The Morgan fingerprint density at radius 3 is 2.54 bits per heavy atom. The van der Waals surface area contributed by atoms with E-state index in [9.17, 15) is 0 Å². The van der Waals surface area contributed by atoms with Crippen molar-refractivity contribution in [2.75, 3.05) is 11.5 Å². The van der Waals surface area contributed by atoms with E-state index in [0.717, 1.165) is 17.1 Å². The monoisotopic (exact) mass is 257 g/mol. The van der Waals surface area contributed by atoms with Gasteiger partial charge in [-0.25, -0.2) is 0 Å². The van der Waals surface area contributed by atoms with E-state index in [1.165, 1.54) is 17.1 Å². The maximum absolute atomic E-state index is 3.52. The van der Waals surface area contributed by atoms with E-state index in [1.54, 1.807) is 0 Å². The van der Waals surface area contributed by atoms with E-state index in [4.69, 9.17) is 0 Å². The summed E-state index contributed by atoms with van der Waals surface area (Å²) >= 11 is 5.44. The van der Waals surface area contributed by atoms with E-state index < -0.39 is 0 Å². The van der Waals surface area contributed by atoms with Crippen molar-refractivity contribution >= 4 is 27.7 Å². The van der Waals surface area contributed by atoms with E-state index in [2.05, 4.69) is 45.5 Å². The summed E-state index contributed by atoms with van der Waals surface area (Å²) in [5, 5.41) is 3.52. The second kappa shape index (κ2) is 4.49. The molecule has 0 bridgehead atoms. The number of nitrogens with one attached hydrogen (secondary N) is 1. The first kappa shape index (κ1) is 9.56. The van der Waals surface area contributed by atoms with Crippen molar-refractivity contribution in [3.63, 3.8) is 0 Å². The number of hydrogen-bond acceptors (Lipinski definition) is 2. The van der Waals surface area contributed by atoms with Gasteiger partial charge in [0.25, 0.3) is 0 Å². The van der Waals surface area contributed by atoms with Gasteiger partial charge in [0.15, 0.2) is 0 Å². The fourth-order valence-corrected chi connectivity index (χ4v) is 2.19. The summed E-state index contributed by atoms with van der Waals surface area (Å²) in [7, 11) is 0. The van der Waals surface area contributed by atoms with Gasteiger partial charge in [-0.15, -0.1) is 0 Å². The van der Waals surface area contributed by atoms with Gasteiger partial charge in [0.05, 0.1) is 0 Å². The molecule has 0 atom stereocenters. The molecule has 2 rings (SSSR count). The molecule has 0 spiro atoms. The molecule has 1 aromatic rings. The fourth-order valence-electron chi connectivity index (χ4n) is 1.22. The second-order valence-electron chi connectivity index (χ2n) is 3.24. The van der Waals surface area contributed by atoms with Crippen LogP contribution in [-0.4, -0.2) is 17.5 Å². The molecule has 0 saturated carbocycles. The average molecular weight is 258 g/mol. The van der Waals surface area contributed by atoms with Crippen LogP contribution in [0.15, 0.2) is 28.7 Å². The van der Waals surface area contributed by atoms with Crippen molar-refractivity contribution in [1.82, 2.24) is 5.32 Å². The first-order valence-corrected chi connectivity index (χ1v) is 6.35. The quantitative estimate of drug-likeness (QED) is 0.894. The molecule has 0 radical (unpaired) electrons. The van der Waals surface area contributed by atoms with Gasteiger partial charge < -0.3 is 5.32 Å². The van der Waals surface area contributed by atoms with Crippen LogP contribution in [-0.2, 0) is 6.54 Å². The Hall–Kier alpha value is 0.01000. The first-order valence-electron chi connectivity index (χ1n) is 4.40. The highest BCUT2D eigenvalue weighted by atomic mass is 79.9. The van der Waals surface area contributed by atoms with Gasteiger partial charge in [0.1, 0.15) is 0 Å². The minimum Gasteiger partial charge on any atom is -0.308 e. The normalized spacial score (nSPS) is 17.0. The van der Waals surface area contributed by atoms with E-state index in [-0.39, 0.29) is 0 Å². The predicted molar refractivity (Wildman–Crippen MR) is 62.1 cm³/mol. The summed E-state index contributed by atoms with van der Waals surface area (Å²) in [4.78, 5) is 0. The molecule has 1 aliphatic rings. The van der Waals surface area contributed by atoms with Gasteiger partial charge in [-0.1, -0.05) is 28.1 Å². The van der Waals surface area contributed by atoms with Crippen LogP contribution >= 0.6 is 27.7 Å². The van der Waals surface area contributed by atoms with Crippen LogP contribution in [0.25, 0.3) is 0 Å². The van der Waals surface area contributed by atoms with Crippen molar-refractivity contribution in [3.05, 3.63) is 34.3 Å². The standard InChI is InChI=1S/C10H12BrNS/c11-9-3-1-8(2-4-9)5-12-10-6-13-7-10/h1-4,10,12H,5-7H2. The highest BCUT2D eigenvalue weighted by Crippen LogP contribution is 2.18. The van der Waals surface area contributed by atoms with Crippen molar-refractivity contribution in [1.29, 1.82) is 0 Å². The maximum atomic E-state index is 3.52. The zero-order valence-electron chi connectivity index (χ0n) is 7.29. The van der Waals surface area contributed by atoms with E-state index in [1.807, 2.05) is 11.8 Å². The fraction of sp³-hybridized carbons (Fsp3) is 0.400. The Kier molecular flexibility index (Phi) is 3.30. The Morgan fingerprint density at radius 2 is 2.00 bits per heavy atom. The second-order valence-corrected chi connectivity index (χ2v) is 5.23. The minimum atomic E-state index is 0.744. The average Bonchev–Trinajstić information content (AvgIpc) is 2.05. The molecule has 0 aliphatic carbocycles. The molecule has 70 valence electrons. The van der Waals surface area contributed by atoms with Crippen molar-refractivity contribution in [2.24, 2.45) is 0 Å². The van der Waals surface area contributed by atoms with Gasteiger partial charge in [-0.3, -0.25) is 0 Å². The largest absolute Gasteiger partial charge is 0.308 e. The molecule has 1 aromatic carbocycles. The van der Waals surface area contributed by atoms with Crippen molar-refractivity contribution in [2.45, 2.75) is 12.6 Å². The summed E-state index contributed by atoms with van der Waals surface area (Å²) in [6, 6.07) is 9.24. The van der Waals surface area contributed by atoms with Gasteiger partial charge in [-0.2, -0.15) is 11.8 Å². The smallest absolute Gasteiger partial charge is 0.0252 e. The van der Waals surface area contributed by atoms with Gasteiger partial charge in [-0.05, 0) is 17.7 Å². The van der Waals surface area contributed by atoms with Crippen molar-refractivity contribution in [3.8, 4) is 0 Å². The minimum absolute atomic E-state index is 0.744. The molecule has 1 saturated heterocycles. The lowest BCUT2D eigenvalue weighted by atomic mass is 10.2. The highest BCUT2D eigenvalue weighted by molar-refractivity contribution is 9.10. The number of hydrogen-bond donors (Lipinski definition) is 1. The summed E-state index contributed by atoms with van der Waals surface area (Å²) in [5.41, 5.74) is 1.36. The van der Waals surface area contributed by atoms with Crippen LogP contribution in [0.3, 0.4) is 0 Å². The molecule has 1 heterocycles. The van der Waals surface area contributed by atoms with Crippen LogP contribution < -0.4 is 5.32 Å². The van der Waals surface area contributed by atoms with Crippen LogP contribution in [0.1, 0.15) is 5.56 Å². The molecule has 1 N–H and O–H groups in total. The lowest BCUT2D eigenvalue weighted by Gasteiger charge is -2.26. The molecular formula is C10H12BrNS. The zero-order valence-corrected chi connectivity index (χ0v) is 9.70. The number of benzene rings is 1. The maximum Gasteiger partial charge on any atom is 0.0252 e. The van der Waals surface area contributed by atoms with Gasteiger partial charge >= 0.3 is 0 Å². The van der Waals surface area contributed by atoms with E-state index in [0.29, 0.717) is 0 Å². The Labute approximate surface area is 91.4 Å². The van der Waals surface area contributed by atoms with Gasteiger partial charge in [0, 0.05) is 28.6 Å². The van der Waals surface area contributed by atoms with Crippen LogP contribution in [0, 0.1) is 0 Å². The van der Waals surface area contributed by atoms with Crippen LogP contribution in [0.5, 0.6) is 0 Å². The lowest BCUT2D eigenvalue weighted by Crippen LogP contribution is -2.39. The molecule has 0 aromatic heterocycles. The molecule has 13 heavy (non-hydrogen) atoms. The summed E-state index contributed by atoms with van der Waals surface area (Å²) < 4.78 is 1.15. The topological polar surface area (TPSA) is 12.0 Å². The van der Waals surface area contributed by atoms with Gasteiger partial charge in [0.2, 0.25) is 0 Å². The molecule has 1 aliphatic heterocycles. The third kappa shape index (κ3) is 2.73. The molecular weight excluding hydrogens is 246 g/mol. The number of halogens is 1. The lowest BCUT2D eigenvalue weighted by molar-refractivity contribution is 0.583. The van der Waals surface area contributed by atoms with Crippen molar-refractivity contribution < 1.29 is 0 Å². The zero-order chi connectivity index (χ0) is 9.10. The Balaban J connectivity index is 1.83. The van der Waals surface area contributed by atoms with E-state index >= 15 is 0 Å². The third-order valence-electron chi connectivity index (χ3n) is 2.15.